The third-order valence-corrected chi connectivity index (χ3v) is 3.78. The van der Waals surface area contributed by atoms with E-state index in [9.17, 15) is 9.90 Å². The van der Waals surface area contributed by atoms with Crippen molar-refractivity contribution in [2.24, 2.45) is 0 Å². The summed E-state index contributed by atoms with van der Waals surface area (Å²) in [6.45, 7) is 4.49. The molecule has 1 aromatic rings. The van der Waals surface area contributed by atoms with Gasteiger partial charge in [0.05, 0.1) is 12.7 Å². The average Bonchev–Trinajstić information content (AvgIpc) is 2.44. The van der Waals surface area contributed by atoms with E-state index in [0.29, 0.717) is 12.2 Å². The zero-order chi connectivity index (χ0) is 14.5. The zero-order valence-corrected chi connectivity index (χ0v) is 12.2. The molecule has 1 saturated carbocycles. The van der Waals surface area contributed by atoms with Gasteiger partial charge in [-0.2, -0.15) is 0 Å². The van der Waals surface area contributed by atoms with Gasteiger partial charge in [0, 0.05) is 11.6 Å². The summed E-state index contributed by atoms with van der Waals surface area (Å²) in [5.74, 6) is 0.701. The minimum atomic E-state index is -0.202. The van der Waals surface area contributed by atoms with Crippen molar-refractivity contribution in [1.82, 2.24) is 5.32 Å². The van der Waals surface area contributed by atoms with Gasteiger partial charge in [-0.1, -0.05) is 6.07 Å². The van der Waals surface area contributed by atoms with Crippen LogP contribution in [0, 0.1) is 6.92 Å². The number of amides is 1. The van der Waals surface area contributed by atoms with Gasteiger partial charge in [-0.3, -0.25) is 4.79 Å². The molecule has 20 heavy (non-hydrogen) atoms. The first-order valence-electron chi connectivity index (χ1n) is 7.32. The molecule has 1 aliphatic carbocycles. The molecule has 0 unspecified atom stereocenters. The maximum Gasteiger partial charge on any atom is 0.251 e. The first-order chi connectivity index (χ1) is 9.60. The van der Waals surface area contributed by atoms with Crippen LogP contribution >= 0.6 is 0 Å². The molecule has 2 N–H and O–H groups in total. The standard InChI is InChI=1S/C16H23NO3/c1-3-20-15-10-12(5-4-11(15)2)16(19)17-13-6-8-14(18)9-7-13/h4-5,10,13-14,18H,3,6-9H2,1-2H3,(H,17,19). The van der Waals surface area contributed by atoms with Gasteiger partial charge in [-0.05, 0) is 57.2 Å². The lowest BCUT2D eigenvalue weighted by Gasteiger charge is -2.26. The van der Waals surface area contributed by atoms with Crippen molar-refractivity contribution in [3.63, 3.8) is 0 Å². The largest absolute Gasteiger partial charge is 0.494 e. The molecule has 0 aliphatic heterocycles. The number of aliphatic hydroxyl groups is 1. The van der Waals surface area contributed by atoms with Crippen LogP contribution in [-0.4, -0.2) is 29.8 Å². The summed E-state index contributed by atoms with van der Waals surface area (Å²) in [6, 6.07) is 5.70. The molecule has 1 aromatic carbocycles. The highest BCUT2D eigenvalue weighted by Gasteiger charge is 2.21. The molecule has 4 heteroatoms. The van der Waals surface area contributed by atoms with E-state index >= 15 is 0 Å². The summed E-state index contributed by atoms with van der Waals surface area (Å²) in [4.78, 5) is 12.2. The lowest BCUT2D eigenvalue weighted by molar-refractivity contribution is 0.0867. The van der Waals surface area contributed by atoms with Gasteiger partial charge in [0.25, 0.3) is 5.91 Å². The maximum atomic E-state index is 12.2. The number of carbonyl (C=O) groups excluding carboxylic acids is 1. The molecular formula is C16H23NO3. The van der Waals surface area contributed by atoms with Crippen LogP contribution < -0.4 is 10.1 Å². The van der Waals surface area contributed by atoms with Crippen molar-refractivity contribution >= 4 is 5.91 Å². The zero-order valence-electron chi connectivity index (χ0n) is 12.2. The van der Waals surface area contributed by atoms with Crippen LogP contribution in [0.25, 0.3) is 0 Å². The fraction of sp³-hybridized carbons (Fsp3) is 0.562. The number of hydrogen-bond acceptors (Lipinski definition) is 3. The third-order valence-electron chi connectivity index (χ3n) is 3.78. The molecule has 0 saturated heterocycles. The number of benzene rings is 1. The van der Waals surface area contributed by atoms with Gasteiger partial charge in [0.2, 0.25) is 0 Å². The fourth-order valence-electron chi connectivity index (χ4n) is 2.54. The van der Waals surface area contributed by atoms with Gasteiger partial charge in [0.1, 0.15) is 5.75 Å². The molecule has 1 fully saturated rings. The Kier molecular flexibility index (Phi) is 5.01. The second-order valence-corrected chi connectivity index (χ2v) is 5.39. The summed E-state index contributed by atoms with van der Waals surface area (Å²) < 4.78 is 5.52. The highest BCUT2D eigenvalue weighted by Crippen LogP contribution is 2.21. The normalized spacial score (nSPS) is 22.4. The topological polar surface area (TPSA) is 58.6 Å². The minimum absolute atomic E-state index is 0.0626. The molecule has 110 valence electrons. The summed E-state index contributed by atoms with van der Waals surface area (Å²) >= 11 is 0. The SMILES string of the molecule is CCOc1cc(C(=O)NC2CCC(O)CC2)ccc1C. The predicted molar refractivity (Wildman–Crippen MR) is 78.1 cm³/mol. The van der Waals surface area contributed by atoms with Crippen LogP contribution in [0.5, 0.6) is 5.75 Å². The van der Waals surface area contributed by atoms with Crippen LogP contribution in [0.2, 0.25) is 0 Å². The van der Waals surface area contributed by atoms with E-state index in [1.807, 2.05) is 26.0 Å². The predicted octanol–water partition coefficient (Wildman–Crippen LogP) is 2.43. The molecule has 0 radical (unpaired) electrons. The van der Waals surface area contributed by atoms with Crippen LogP contribution in [0.15, 0.2) is 18.2 Å². The lowest BCUT2D eigenvalue weighted by atomic mass is 9.93. The van der Waals surface area contributed by atoms with E-state index in [0.717, 1.165) is 37.0 Å². The van der Waals surface area contributed by atoms with Crippen molar-refractivity contribution in [3.05, 3.63) is 29.3 Å². The number of rotatable bonds is 4. The number of nitrogens with one attached hydrogen (secondary N) is 1. The maximum absolute atomic E-state index is 12.2. The Morgan fingerprint density at radius 3 is 2.70 bits per heavy atom. The molecule has 0 aromatic heterocycles. The Balaban J connectivity index is 2.00. The van der Waals surface area contributed by atoms with Crippen LogP contribution in [0.4, 0.5) is 0 Å². The number of hydrogen-bond donors (Lipinski definition) is 2. The second kappa shape index (κ2) is 6.75. The molecule has 0 heterocycles. The van der Waals surface area contributed by atoms with Crippen LogP contribution in [0.3, 0.4) is 0 Å². The number of carbonyl (C=O) groups is 1. The fourth-order valence-corrected chi connectivity index (χ4v) is 2.54. The van der Waals surface area contributed by atoms with Gasteiger partial charge in [0.15, 0.2) is 0 Å². The Hall–Kier alpha value is -1.55. The van der Waals surface area contributed by atoms with Crippen molar-refractivity contribution in [1.29, 1.82) is 0 Å². The molecule has 0 spiro atoms. The van der Waals surface area contributed by atoms with Gasteiger partial charge < -0.3 is 15.2 Å². The van der Waals surface area contributed by atoms with Crippen molar-refractivity contribution in [2.75, 3.05) is 6.61 Å². The smallest absolute Gasteiger partial charge is 0.251 e. The summed E-state index contributed by atoms with van der Waals surface area (Å²) in [5.41, 5.74) is 1.66. The second-order valence-electron chi connectivity index (χ2n) is 5.39. The first-order valence-corrected chi connectivity index (χ1v) is 7.32. The number of aryl methyl sites for hydroxylation is 1. The average molecular weight is 277 g/mol. The molecule has 4 nitrogen and oxygen atoms in total. The van der Waals surface area contributed by atoms with E-state index < -0.39 is 0 Å². The monoisotopic (exact) mass is 277 g/mol. The Bertz CT molecular complexity index is 465. The van der Waals surface area contributed by atoms with Crippen molar-refractivity contribution < 1.29 is 14.6 Å². The lowest BCUT2D eigenvalue weighted by Crippen LogP contribution is -2.38. The van der Waals surface area contributed by atoms with E-state index in [2.05, 4.69) is 5.32 Å². The highest BCUT2D eigenvalue weighted by atomic mass is 16.5. The third kappa shape index (κ3) is 3.73. The van der Waals surface area contributed by atoms with Gasteiger partial charge in [-0.25, -0.2) is 0 Å². The number of aliphatic hydroxyl groups excluding tert-OH is 1. The molecular weight excluding hydrogens is 254 g/mol. The quantitative estimate of drug-likeness (QED) is 0.888. The molecule has 0 bridgehead atoms. The van der Waals surface area contributed by atoms with Crippen molar-refractivity contribution in [2.45, 2.75) is 51.7 Å². The minimum Gasteiger partial charge on any atom is -0.494 e. The van der Waals surface area contributed by atoms with Crippen LogP contribution in [0.1, 0.15) is 48.5 Å². The van der Waals surface area contributed by atoms with E-state index in [4.69, 9.17) is 4.74 Å². The summed E-state index contributed by atoms with van der Waals surface area (Å²) in [5, 5.41) is 12.5. The van der Waals surface area contributed by atoms with Gasteiger partial charge >= 0.3 is 0 Å². The first kappa shape index (κ1) is 14.9. The Morgan fingerprint density at radius 1 is 1.35 bits per heavy atom. The molecule has 1 aliphatic rings. The Morgan fingerprint density at radius 2 is 2.05 bits per heavy atom. The summed E-state index contributed by atoms with van der Waals surface area (Å²) in [7, 11) is 0. The Labute approximate surface area is 120 Å². The molecule has 1 amide bonds. The highest BCUT2D eigenvalue weighted by molar-refractivity contribution is 5.94. The summed E-state index contributed by atoms with van der Waals surface area (Å²) in [6.07, 6.45) is 3.02. The van der Waals surface area contributed by atoms with Crippen LogP contribution in [-0.2, 0) is 0 Å². The van der Waals surface area contributed by atoms with E-state index in [1.54, 1.807) is 6.07 Å². The van der Waals surface area contributed by atoms with Crippen molar-refractivity contribution in [3.8, 4) is 5.75 Å². The molecule has 2 rings (SSSR count). The molecule has 0 atom stereocenters. The van der Waals surface area contributed by atoms with E-state index in [-0.39, 0.29) is 18.1 Å². The number of ether oxygens (including phenoxy) is 1. The van der Waals surface area contributed by atoms with E-state index in [1.165, 1.54) is 0 Å². The van der Waals surface area contributed by atoms with Gasteiger partial charge in [-0.15, -0.1) is 0 Å².